The van der Waals surface area contributed by atoms with Gasteiger partial charge in [-0.3, -0.25) is 14.5 Å². The van der Waals surface area contributed by atoms with Crippen LogP contribution in [0.3, 0.4) is 0 Å². The number of imide groups is 1. The molecule has 124 valence electrons. The van der Waals surface area contributed by atoms with Crippen LogP contribution in [-0.4, -0.2) is 41.7 Å². The van der Waals surface area contributed by atoms with E-state index in [1.54, 1.807) is 13.2 Å². The zero-order chi connectivity index (χ0) is 16.6. The highest BCUT2D eigenvalue weighted by atomic mass is 32.2. The average Bonchev–Trinajstić information content (AvgIpc) is 3.06. The number of methoxy groups -OCH3 is 1. The Morgan fingerprint density at radius 2 is 2.00 bits per heavy atom. The van der Waals surface area contributed by atoms with Gasteiger partial charge in [0.1, 0.15) is 5.75 Å². The Morgan fingerprint density at radius 3 is 2.65 bits per heavy atom. The van der Waals surface area contributed by atoms with E-state index in [0.29, 0.717) is 30.2 Å². The van der Waals surface area contributed by atoms with E-state index in [1.807, 2.05) is 19.9 Å². The van der Waals surface area contributed by atoms with Gasteiger partial charge in [-0.05, 0) is 24.0 Å². The van der Waals surface area contributed by atoms with Crippen LogP contribution in [0.4, 0.5) is 4.79 Å². The molecule has 0 spiro atoms. The average molecular weight is 337 g/mol. The highest BCUT2D eigenvalue weighted by Crippen LogP contribution is 2.40. The molecule has 2 amide bonds. The molecule has 1 aromatic carbocycles. The summed E-state index contributed by atoms with van der Waals surface area (Å²) < 4.78 is 16.1. The number of rotatable bonds is 5. The zero-order valence-electron chi connectivity index (χ0n) is 13.3. The van der Waals surface area contributed by atoms with Gasteiger partial charge < -0.3 is 14.2 Å². The van der Waals surface area contributed by atoms with Crippen molar-refractivity contribution in [1.29, 1.82) is 0 Å². The van der Waals surface area contributed by atoms with E-state index < -0.39 is 5.25 Å². The van der Waals surface area contributed by atoms with Gasteiger partial charge in [-0.2, -0.15) is 0 Å². The van der Waals surface area contributed by atoms with Gasteiger partial charge in [-0.1, -0.05) is 25.6 Å². The number of benzene rings is 1. The van der Waals surface area contributed by atoms with E-state index in [0.717, 1.165) is 17.3 Å². The van der Waals surface area contributed by atoms with E-state index in [1.165, 1.54) is 4.90 Å². The van der Waals surface area contributed by atoms with Crippen LogP contribution in [0.15, 0.2) is 12.1 Å². The molecule has 0 saturated carbocycles. The quantitative estimate of drug-likeness (QED) is 0.823. The van der Waals surface area contributed by atoms with Crippen molar-refractivity contribution in [3.8, 4) is 17.2 Å². The molecule has 3 rings (SSSR count). The summed E-state index contributed by atoms with van der Waals surface area (Å²) in [6, 6.07) is 3.58. The fourth-order valence-electron chi connectivity index (χ4n) is 2.67. The fraction of sp³-hybridized carbons (Fsp3) is 0.500. The van der Waals surface area contributed by atoms with Crippen molar-refractivity contribution in [2.75, 3.05) is 20.4 Å². The Bertz CT molecular complexity index is 646. The van der Waals surface area contributed by atoms with E-state index in [2.05, 4.69) is 0 Å². The monoisotopic (exact) mass is 337 g/mol. The van der Waals surface area contributed by atoms with Crippen molar-refractivity contribution >= 4 is 22.9 Å². The molecular formula is C16H19NO5S. The first-order valence-corrected chi connectivity index (χ1v) is 8.36. The van der Waals surface area contributed by atoms with E-state index >= 15 is 0 Å². The Morgan fingerprint density at radius 1 is 1.30 bits per heavy atom. The van der Waals surface area contributed by atoms with Crippen molar-refractivity contribution < 1.29 is 23.8 Å². The molecule has 0 unspecified atom stereocenters. The number of amides is 2. The summed E-state index contributed by atoms with van der Waals surface area (Å²) in [6.45, 7) is 4.61. The molecular weight excluding hydrogens is 318 g/mol. The van der Waals surface area contributed by atoms with Gasteiger partial charge >= 0.3 is 0 Å². The number of fused-ring (bicyclic) bond motifs is 1. The first-order valence-electron chi connectivity index (χ1n) is 7.48. The normalized spacial score (nSPS) is 19.8. The molecule has 6 nitrogen and oxygen atoms in total. The predicted octanol–water partition coefficient (Wildman–Crippen LogP) is 2.69. The molecule has 1 atom stereocenters. The Kier molecular flexibility index (Phi) is 4.39. The largest absolute Gasteiger partial charge is 0.496 e. The van der Waals surface area contributed by atoms with Gasteiger partial charge in [-0.25, -0.2) is 0 Å². The van der Waals surface area contributed by atoms with Gasteiger partial charge in [0.25, 0.3) is 5.24 Å². The second kappa shape index (κ2) is 6.31. The summed E-state index contributed by atoms with van der Waals surface area (Å²) in [4.78, 5) is 25.9. The molecule has 1 aromatic rings. The minimum atomic E-state index is -0.421. The molecule has 2 aliphatic rings. The second-order valence-electron chi connectivity index (χ2n) is 5.94. The van der Waals surface area contributed by atoms with Crippen molar-refractivity contribution in [1.82, 2.24) is 4.90 Å². The minimum absolute atomic E-state index is 0.131. The molecule has 2 aliphatic heterocycles. The Balaban J connectivity index is 1.80. The molecule has 0 aliphatic carbocycles. The Labute approximate surface area is 139 Å². The van der Waals surface area contributed by atoms with Crippen molar-refractivity contribution in [2.24, 2.45) is 5.92 Å². The van der Waals surface area contributed by atoms with Crippen LogP contribution in [0.5, 0.6) is 17.2 Å². The van der Waals surface area contributed by atoms with Gasteiger partial charge in [0, 0.05) is 12.6 Å². The minimum Gasteiger partial charge on any atom is -0.496 e. The molecule has 7 heteroatoms. The Hall–Kier alpha value is -1.89. The molecule has 0 aromatic heterocycles. The van der Waals surface area contributed by atoms with Crippen LogP contribution in [0.1, 0.15) is 19.4 Å². The number of hydrogen-bond donors (Lipinski definition) is 0. The first kappa shape index (κ1) is 16.0. The highest BCUT2D eigenvalue weighted by Gasteiger charge is 2.40. The third kappa shape index (κ3) is 3.10. The number of thioether (sulfide) groups is 1. The third-order valence-electron chi connectivity index (χ3n) is 3.73. The van der Waals surface area contributed by atoms with Crippen LogP contribution < -0.4 is 14.2 Å². The maximum absolute atomic E-state index is 12.5. The van der Waals surface area contributed by atoms with Crippen LogP contribution in [0.2, 0.25) is 0 Å². The van der Waals surface area contributed by atoms with Gasteiger partial charge in [0.05, 0.1) is 12.4 Å². The van der Waals surface area contributed by atoms with Gasteiger partial charge in [-0.15, -0.1) is 0 Å². The summed E-state index contributed by atoms with van der Waals surface area (Å²) in [7, 11) is 1.57. The number of ether oxygens (including phenoxy) is 3. The lowest BCUT2D eigenvalue weighted by Gasteiger charge is -2.16. The van der Waals surface area contributed by atoms with Crippen molar-refractivity contribution in [3.05, 3.63) is 17.7 Å². The lowest BCUT2D eigenvalue weighted by Crippen LogP contribution is -2.35. The van der Waals surface area contributed by atoms with Crippen LogP contribution in [-0.2, 0) is 11.2 Å². The zero-order valence-corrected chi connectivity index (χ0v) is 14.1. The van der Waals surface area contributed by atoms with Crippen LogP contribution >= 0.6 is 11.8 Å². The summed E-state index contributed by atoms with van der Waals surface area (Å²) in [6.07, 6.45) is 0.420. The maximum Gasteiger partial charge on any atom is 0.289 e. The van der Waals surface area contributed by atoms with Gasteiger partial charge in [0.2, 0.25) is 12.7 Å². The molecule has 0 bridgehead atoms. The lowest BCUT2D eigenvalue weighted by molar-refractivity contribution is -0.127. The molecule has 23 heavy (non-hydrogen) atoms. The maximum atomic E-state index is 12.5. The first-order chi connectivity index (χ1) is 11.0. The number of hydrogen-bond acceptors (Lipinski definition) is 6. The lowest BCUT2D eigenvalue weighted by atomic mass is 10.1. The third-order valence-corrected chi connectivity index (χ3v) is 4.81. The van der Waals surface area contributed by atoms with E-state index in [4.69, 9.17) is 14.2 Å². The summed E-state index contributed by atoms with van der Waals surface area (Å²) >= 11 is 1.08. The smallest absolute Gasteiger partial charge is 0.289 e. The topological polar surface area (TPSA) is 65.1 Å². The van der Waals surface area contributed by atoms with Gasteiger partial charge in [0.15, 0.2) is 11.5 Å². The fourth-order valence-corrected chi connectivity index (χ4v) is 3.70. The summed E-state index contributed by atoms with van der Waals surface area (Å²) in [5.41, 5.74) is 0.835. The highest BCUT2D eigenvalue weighted by molar-refractivity contribution is 8.15. The summed E-state index contributed by atoms with van der Waals surface area (Å²) in [5, 5.41) is -0.594. The van der Waals surface area contributed by atoms with Crippen LogP contribution in [0.25, 0.3) is 0 Å². The van der Waals surface area contributed by atoms with Crippen molar-refractivity contribution in [2.45, 2.75) is 25.5 Å². The SMILES string of the molecule is COc1cc2c(cc1C[C@H]1SC(=O)N(CC(C)C)C1=O)OCO2. The summed E-state index contributed by atoms with van der Waals surface area (Å²) in [5.74, 6) is 2.03. The standard InChI is InChI=1S/C16H19NO5S/c1-9(2)7-17-15(18)14(23-16(17)19)5-10-4-12-13(22-8-21-12)6-11(10)20-3/h4,6,9,14H,5,7-8H2,1-3H3/t14-/m1/s1. The number of carbonyl (C=O) groups excluding carboxylic acids is 2. The molecule has 2 heterocycles. The van der Waals surface area contributed by atoms with Crippen molar-refractivity contribution in [3.63, 3.8) is 0 Å². The second-order valence-corrected chi connectivity index (χ2v) is 7.09. The molecule has 0 radical (unpaired) electrons. The molecule has 1 saturated heterocycles. The van der Waals surface area contributed by atoms with Crippen LogP contribution in [0, 0.1) is 5.92 Å². The van der Waals surface area contributed by atoms with E-state index in [9.17, 15) is 9.59 Å². The molecule has 0 N–H and O–H groups in total. The molecule has 1 fully saturated rings. The predicted molar refractivity (Wildman–Crippen MR) is 86.1 cm³/mol. The number of carbonyl (C=O) groups is 2. The number of nitrogens with zero attached hydrogens (tertiary/aromatic N) is 1. The van der Waals surface area contributed by atoms with E-state index in [-0.39, 0.29) is 23.9 Å².